The number of aliphatic carboxylic acids is 1. The fraction of sp³-hybridized carbons (Fsp3) is 0.0667. The van der Waals surface area contributed by atoms with Crippen LogP contribution in [0.2, 0.25) is 0 Å². The van der Waals surface area contributed by atoms with Crippen molar-refractivity contribution in [3.8, 4) is 11.1 Å². The van der Waals surface area contributed by atoms with E-state index in [-0.39, 0.29) is 11.5 Å². The van der Waals surface area contributed by atoms with Gasteiger partial charge >= 0.3 is 5.97 Å². The molecule has 0 bridgehead atoms. The molecule has 0 radical (unpaired) electrons. The van der Waals surface area contributed by atoms with Crippen LogP contribution in [0.5, 0.6) is 0 Å². The minimum Gasteiger partial charge on any atom is -0.477 e. The fourth-order valence-corrected chi connectivity index (χ4v) is 3.59. The molecular formula is C15H9BrFNO2S. The van der Waals surface area contributed by atoms with Crippen molar-refractivity contribution in [2.45, 2.75) is 4.90 Å². The Morgan fingerprint density at radius 3 is 2.67 bits per heavy atom. The topological polar surface area (TPSA) is 49.7 Å². The Hall–Kier alpha value is -1.66. The zero-order chi connectivity index (χ0) is 15.0. The molecule has 0 aromatic heterocycles. The van der Waals surface area contributed by atoms with Crippen LogP contribution < -0.4 is 0 Å². The molecule has 0 amide bonds. The van der Waals surface area contributed by atoms with E-state index >= 15 is 0 Å². The molecule has 0 fully saturated rings. The van der Waals surface area contributed by atoms with E-state index in [4.69, 9.17) is 5.11 Å². The standard InChI is InChI=1S/C15H9BrFNO2S/c16-9-5-11(8-1-3-10(17)4-2-8)14-12(6-9)18-13(7-21-14)15(19)20/h1-6H,7H2,(H,19,20). The predicted molar refractivity (Wildman–Crippen MR) is 85.0 cm³/mol. The molecule has 0 spiro atoms. The zero-order valence-corrected chi connectivity index (χ0v) is 13.0. The van der Waals surface area contributed by atoms with Crippen LogP contribution in [0.1, 0.15) is 0 Å². The van der Waals surface area contributed by atoms with E-state index in [9.17, 15) is 9.18 Å². The molecule has 0 saturated heterocycles. The zero-order valence-electron chi connectivity index (χ0n) is 10.6. The molecule has 0 saturated carbocycles. The Labute approximate surface area is 133 Å². The van der Waals surface area contributed by atoms with Crippen LogP contribution in [-0.2, 0) is 4.79 Å². The summed E-state index contributed by atoms with van der Waals surface area (Å²) in [6, 6.07) is 9.94. The first kappa shape index (κ1) is 14.3. The molecule has 6 heteroatoms. The molecule has 3 nitrogen and oxygen atoms in total. The minimum atomic E-state index is -1.00. The highest BCUT2D eigenvalue weighted by molar-refractivity contribution is 9.10. The van der Waals surface area contributed by atoms with Crippen LogP contribution >= 0.6 is 27.7 Å². The molecule has 1 heterocycles. The van der Waals surface area contributed by atoms with E-state index in [2.05, 4.69) is 20.9 Å². The van der Waals surface area contributed by atoms with Crippen LogP contribution in [0.15, 0.2) is 50.8 Å². The van der Waals surface area contributed by atoms with Crippen molar-refractivity contribution in [2.24, 2.45) is 4.99 Å². The van der Waals surface area contributed by atoms with Crippen LogP contribution in [0.25, 0.3) is 11.1 Å². The molecule has 0 aliphatic carbocycles. The number of carbonyl (C=O) groups is 1. The van der Waals surface area contributed by atoms with Gasteiger partial charge in [-0.3, -0.25) is 0 Å². The van der Waals surface area contributed by atoms with Gasteiger partial charge in [-0.15, -0.1) is 11.8 Å². The van der Waals surface area contributed by atoms with Crippen molar-refractivity contribution in [3.05, 3.63) is 46.7 Å². The quantitative estimate of drug-likeness (QED) is 0.850. The van der Waals surface area contributed by atoms with Gasteiger partial charge in [0.15, 0.2) is 0 Å². The summed E-state index contributed by atoms with van der Waals surface area (Å²) < 4.78 is 13.9. The summed E-state index contributed by atoms with van der Waals surface area (Å²) in [7, 11) is 0. The maximum absolute atomic E-state index is 13.1. The average molecular weight is 366 g/mol. The molecule has 3 rings (SSSR count). The summed E-state index contributed by atoms with van der Waals surface area (Å²) >= 11 is 4.84. The van der Waals surface area contributed by atoms with Crippen molar-refractivity contribution < 1.29 is 14.3 Å². The van der Waals surface area contributed by atoms with Crippen molar-refractivity contribution in [2.75, 3.05) is 5.75 Å². The van der Waals surface area contributed by atoms with Crippen molar-refractivity contribution >= 4 is 45.1 Å². The maximum Gasteiger partial charge on any atom is 0.351 e. The number of aliphatic imine (C=N–C) groups is 1. The second kappa shape index (κ2) is 5.61. The number of nitrogens with zero attached hydrogens (tertiary/aromatic N) is 1. The number of halogens is 2. The maximum atomic E-state index is 13.1. The van der Waals surface area contributed by atoms with Gasteiger partial charge in [0, 0.05) is 15.1 Å². The Morgan fingerprint density at radius 1 is 1.29 bits per heavy atom. The van der Waals surface area contributed by atoms with E-state index in [0.29, 0.717) is 11.4 Å². The van der Waals surface area contributed by atoms with E-state index in [1.54, 1.807) is 18.2 Å². The lowest BCUT2D eigenvalue weighted by Gasteiger charge is -2.17. The first-order chi connectivity index (χ1) is 10.0. The van der Waals surface area contributed by atoms with Crippen LogP contribution in [-0.4, -0.2) is 22.5 Å². The third kappa shape index (κ3) is 2.87. The Bertz CT molecular complexity index is 759. The molecule has 1 aliphatic heterocycles. The van der Waals surface area contributed by atoms with E-state index in [1.165, 1.54) is 23.9 Å². The highest BCUT2D eigenvalue weighted by atomic mass is 79.9. The van der Waals surface area contributed by atoms with Gasteiger partial charge in [0.25, 0.3) is 0 Å². The Morgan fingerprint density at radius 2 is 2.00 bits per heavy atom. The fourth-order valence-electron chi connectivity index (χ4n) is 2.09. The second-order valence-corrected chi connectivity index (χ2v) is 6.36. The lowest BCUT2D eigenvalue weighted by atomic mass is 10.0. The Kier molecular flexibility index (Phi) is 3.82. The molecule has 2 aromatic rings. The van der Waals surface area contributed by atoms with Crippen LogP contribution in [0, 0.1) is 5.82 Å². The highest BCUT2D eigenvalue weighted by Crippen LogP contribution is 2.43. The van der Waals surface area contributed by atoms with Crippen LogP contribution in [0.3, 0.4) is 0 Å². The van der Waals surface area contributed by atoms with Gasteiger partial charge in [0.2, 0.25) is 0 Å². The molecule has 1 aliphatic rings. The third-order valence-electron chi connectivity index (χ3n) is 3.04. The van der Waals surface area contributed by atoms with Gasteiger partial charge in [-0.2, -0.15) is 0 Å². The van der Waals surface area contributed by atoms with Crippen molar-refractivity contribution in [1.82, 2.24) is 0 Å². The summed E-state index contributed by atoms with van der Waals surface area (Å²) in [6.07, 6.45) is 0. The van der Waals surface area contributed by atoms with Gasteiger partial charge in [-0.05, 0) is 35.4 Å². The van der Waals surface area contributed by atoms with Gasteiger partial charge in [-0.1, -0.05) is 28.1 Å². The molecule has 1 N–H and O–H groups in total. The number of hydrogen-bond donors (Lipinski definition) is 1. The summed E-state index contributed by atoms with van der Waals surface area (Å²) in [4.78, 5) is 16.2. The normalized spacial score (nSPS) is 13.5. The monoisotopic (exact) mass is 365 g/mol. The molecule has 0 unspecified atom stereocenters. The average Bonchev–Trinajstić information content (AvgIpc) is 2.46. The summed E-state index contributed by atoms with van der Waals surface area (Å²) in [6.45, 7) is 0. The summed E-state index contributed by atoms with van der Waals surface area (Å²) in [5.41, 5.74) is 2.54. The number of hydrogen-bond acceptors (Lipinski definition) is 3. The Balaban J connectivity index is 2.16. The number of fused-ring (bicyclic) bond motifs is 1. The first-order valence-corrected chi connectivity index (χ1v) is 7.85. The van der Waals surface area contributed by atoms with Gasteiger partial charge < -0.3 is 5.11 Å². The molecule has 21 heavy (non-hydrogen) atoms. The van der Waals surface area contributed by atoms with Gasteiger partial charge in [0.05, 0.1) is 5.69 Å². The number of benzene rings is 2. The molecule has 2 aromatic carbocycles. The van der Waals surface area contributed by atoms with Gasteiger partial charge in [0.1, 0.15) is 11.5 Å². The van der Waals surface area contributed by atoms with Gasteiger partial charge in [-0.25, -0.2) is 14.2 Å². The van der Waals surface area contributed by atoms with E-state index < -0.39 is 5.97 Å². The number of thioether (sulfide) groups is 1. The lowest BCUT2D eigenvalue weighted by molar-refractivity contribution is -0.129. The summed E-state index contributed by atoms with van der Waals surface area (Å²) in [5, 5.41) is 9.05. The predicted octanol–water partition coefficient (Wildman–Crippen LogP) is 4.52. The largest absolute Gasteiger partial charge is 0.477 e. The number of rotatable bonds is 2. The molecule has 106 valence electrons. The summed E-state index contributed by atoms with van der Waals surface area (Å²) in [5.74, 6) is -0.976. The van der Waals surface area contributed by atoms with E-state index in [1.807, 2.05) is 6.07 Å². The second-order valence-electron chi connectivity index (χ2n) is 4.46. The number of carboxylic acids is 1. The minimum absolute atomic E-state index is 0.135. The third-order valence-corrected chi connectivity index (χ3v) is 4.64. The number of carboxylic acid groups (broad SMARTS) is 1. The smallest absolute Gasteiger partial charge is 0.351 e. The van der Waals surface area contributed by atoms with Crippen LogP contribution in [0.4, 0.5) is 10.1 Å². The van der Waals surface area contributed by atoms with E-state index in [0.717, 1.165) is 20.5 Å². The highest BCUT2D eigenvalue weighted by Gasteiger charge is 2.21. The SMILES string of the molecule is O=C(O)C1=Nc2cc(Br)cc(-c3ccc(F)cc3)c2SC1. The lowest BCUT2D eigenvalue weighted by Crippen LogP contribution is -2.17. The first-order valence-electron chi connectivity index (χ1n) is 6.08. The van der Waals surface area contributed by atoms with Crippen molar-refractivity contribution in [1.29, 1.82) is 0 Å². The molecular weight excluding hydrogens is 357 g/mol. The van der Waals surface area contributed by atoms with Crippen molar-refractivity contribution in [3.63, 3.8) is 0 Å². The molecule has 0 atom stereocenters.